The van der Waals surface area contributed by atoms with Crippen LogP contribution in [-0.4, -0.2) is 35.5 Å². The number of anilines is 6. The zero-order valence-electron chi connectivity index (χ0n) is 60.1. The first-order valence-electron chi connectivity index (χ1n) is 37.9. The SMILES string of the molecule is c1ccc(-c2ccc3c(c2)B2c4ccc([Si](c5ccccc5)(c5ccccc5)c5ccccc5)cc4N(c4cccc([Si](c5ccccc5)(c5ccccc5)c5ccccc5)c4)c4cc(-n5c6ccccc6c6ccccc65)cc(c42)N3c2ccc([Si](c3ccccc3)(c3ccccc3)c3ccccc3)cc2)cc1. The summed E-state index contributed by atoms with van der Waals surface area (Å²) in [6, 6.07) is 171. The molecule has 0 aliphatic carbocycles. The molecule has 0 fully saturated rings. The zero-order chi connectivity index (χ0) is 72.3. The Bertz CT molecular complexity index is 5990. The van der Waals surface area contributed by atoms with E-state index in [0.29, 0.717) is 0 Å². The van der Waals surface area contributed by atoms with Gasteiger partial charge in [-0.25, -0.2) is 0 Å². The lowest BCUT2D eigenvalue weighted by Gasteiger charge is -2.45. The molecule has 18 aromatic rings. The number of fused-ring (bicyclic) bond motifs is 7. The lowest BCUT2D eigenvalue weighted by Crippen LogP contribution is -2.75. The number of benzene rings is 17. The maximum atomic E-state index is 2.71. The second-order valence-corrected chi connectivity index (χ2v) is 40.4. The standard InChI is InChI=1S/C102H74BN3Si3/c1-11-36-75(37-12-1)76-62-69-98-95(70-76)103-94-68-67-91(109(86-51-25-8-26-52-86,87-53-27-9-28-54-87)88-55-29-10-30-56-88)74-99(94)105(78-38-35-57-90(71-78)108(83-45-19-5-20-46-83,84-47-21-6-22-48-84)85-49-23-7-24-50-85)101-73-79(106-96-60-33-31-58-92(96)93-59-32-34-61-97(93)106)72-100(102(101)103)104(98)77-63-65-89(66-64-77)107(80-39-13-2-14-40-80,81-41-15-3-16-42-81)82-43-17-4-18-44-82/h1-74H. The van der Waals surface area contributed by atoms with E-state index in [1.807, 2.05) is 0 Å². The topological polar surface area (TPSA) is 11.4 Å². The Morgan fingerprint density at radius 2 is 0.514 bits per heavy atom. The van der Waals surface area contributed by atoms with Crippen molar-refractivity contribution in [2.24, 2.45) is 0 Å². The van der Waals surface area contributed by atoms with Gasteiger partial charge in [-0.3, -0.25) is 0 Å². The van der Waals surface area contributed by atoms with Crippen molar-refractivity contribution in [3.05, 3.63) is 449 Å². The molecule has 3 nitrogen and oxygen atoms in total. The van der Waals surface area contributed by atoms with Crippen molar-refractivity contribution >= 4 is 165 Å². The van der Waals surface area contributed by atoms with Crippen LogP contribution in [0.1, 0.15) is 0 Å². The first-order chi connectivity index (χ1) is 54.1. The first-order valence-corrected chi connectivity index (χ1v) is 43.9. The van der Waals surface area contributed by atoms with Gasteiger partial charge in [0.2, 0.25) is 0 Å². The third-order valence-corrected chi connectivity index (χ3v) is 37.7. The molecule has 0 N–H and O–H groups in total. The average Bonchev–Trinajstić information content (AvgIpc) is 1.49. The molecule has 0 amide bonds. The van der Waals surface area contributed by atoms with Gasteiger partial charge in [-0.2, -0.15) is 0 Å². The van der Waals surface area contributed by atoms with Gasteiger partial charge in [-0.15, -0.1) is 0 Å². The molecule has 1 aromatic heterocycles. The molecule has 0 spiro atoms. The predicted molar refractivity (Wildman–Crippen MR) is 471 cm³/mol. The van der Waals surface area contributed by atoms with Crippen LogP contribution >= 0.6 is 0 Å². The van der Waals surface area contributed by atoms with Crippen molar-refractivity contribution in [3.63, 3.8) is 0 Å². The highest BCUT2D eigenvalue weighted by atomic mass is 28.3. The average molecular weight is 1440 g/mol. The van der Waals surface area contributed by atoms with E-state index >= 15 is 0 Å². The molecule has 0 atom stereocenters. The van der Waals surface area contributed by atoms with E-state index in [9.17, 15) is 0 Å². The molecule has 2 aliphatic heterocycles. The van der Waals surface area contributed by atoms with Crippen LogP contribution in [0.2, 0.25) is 0 Å². The lowest BCUT2D eigenvalue weighted by atomic mass is 9.33. The van der Waals surface area contributed by atoms with E-state index in [1.54, 1.807) is 0 Å². The molecular weight excluding hydrogens is 1360 g/mol. The third kappa shape index (κ3) is 10.5. The molecule has 0 saturated heterocycles. The van der Waals surface area contributed by atoms with Crippen LogP contribution in [0.25, 0.3) is 38.6 Å². The van der Waals surface area contributed by atoms with Crippen LogP contribution < -0.4 is 88.4 Å². The summed E-state index contributed by atoms with van der Waals surface area (Å²) in [5.41, 5.74) is 16.2. The van der Waals surface area contributed by atoms with Crippen LogP contribution in [0.15, 0.2) is 449 Å². The molecule has 0 unspecified atom stereocenters. The second kappa shape index (κ2) is 27.3. The normalized spacial score (nSPS) is 12.5. The third-order valence-electron chi connectivity index (χ3n) is 23.4. The van der Waals surface area contributed by atoms with Gasteiger partial charge in [0.05, 0.1) is 16.7 Å². The van der Waals surface area contributed by atoms with Gasteiger partial charge in [-0.1, -0.05) is 388 Å². The summed E-state index contributed by atoms with van der Waals surface area (Å²) in [6.45, 7) is -0.239. The maximum absolute atomic E-state index is 3.19. The number of hydrogen-bond acceptors (Lipinski definition) is 2. The lowest BCUT2D eigenvalue weighted by molar-refractivity contribution is 1.16. The van der Waals surface area contributed by atoms with E-state index in [2.05, 4.69) is 463 Å². The largest absolute Gasteiger partial charge is 0.311 e. The number of para-hydroxylation sites is 2. The van der Waals surface area contributed by atoms with Crippen LogP contribution in [0, 0.1) is 0 Å². The van der Waals surface area contributed by atoms with Crippen molar-refractivity contribution < 1.29 is 0 Å². The number of aromatic nitrogens is 1. The van der Waals surface area contributed by atoms with Crippen LogP contribution in [0.5, 0.6) is 0 Å². The van der Waals surface area contributed by atoms with Gasteiger partial charge in [-0.05, 0) is 150 Å². The zero-order valence-corrected chi connectivity index (χ0v) is 63.1. The Balaban J connectivity index is 0.926. The molecule has 2 aliphatic rings. The van der Waals surface area contributed by atoms with Crippen molar-refractivity contribution in [1.29, 1.82) is 0 Å². The van der Waals surface area contributed by atoms with E-state index in [1.165, 1.54) is 101 Å². The summed E-state index contributed by atoms with van der Waals surface area (Å²) in [4.78, 5) is 5.34. The van der Waals surface area contributed by atoms with Gasteiger partial charge in [0, 0.05) is 44.9 Å². The van der Waals surface area contributed by atoms with Gasteiger partial charge in [0.15, 0.2) is 24.2 Å². The minimum absolute atomic E-state index is 0.239. The Labute approximate surface area is 641 Å². The Morgan fingerprint density at radius 1 is 0.183 bits per heavy atom. The molecule has 20 rings (SSSR count). The number of hydrogen-bond donors (Lipinski definition) is 0. The fourth-order valence-electron chi connectivity index (χ4n) is 18.8. The summed E-state index contributed by atoms with van der Waals surface area (Å²) in [5, 5.41) is 18.3. The number of nitrogens with zero attached hydrogens (tertiary/aromatic N) is 3. The summed E-state index contributed by atoms with van der Waals surface area (Å²) < 4.78 is 2.54. The molecule has 0 radical (unpaired) electrons. The molecule has 3 heterocycles. The van der Waals surface area contributed by atoms with E-state index in [-0.39, 0.29) is 6.71 Å². The van der Waals surface area contributed by atoms with Crippen molar-refractivity contribution in [2.75, 3.05) is 9.80 Å². The quantitative estimate of drug-likeness (QED) is 0.0706. The van der Waals surface area contributed by atoms with Crippen molar-refractivity contribution in [1.82, 2.24) is 4.57 Å². The maximum Gasteiger partial charge on any atom is 0.252 e. The van der Waals surface area contributed by atoms with Gasteiger partial charge in [0.1, 0.15) is 0 Å². The molecule has 0 saturated carbocycles. The van der Waals surface area contributed by atoms with Crippen molar-refractivity contribution in [3.8, 4) is 16.8 Å². The summed E-state index contributed by atoms with van der Waals surface area (Å²) >= 11 is 0. The minimum Gasteiger partial charge on any atom is -0.311 e. The van der Waals surface area contributed by atoms with E-state index in [0.717, 1.165) is 50.8 Å². The highest BCUT2D eigenvalue weighted by molar-refractivity contribution is 7.21. The highest BCUT2D eigenvalue weighted by Crippen LogP contribution is 2.47. The second-order valence-electron chi connectivity index (χ2n) is 28.9. The Hall–Kier alpha value is -13.1. The smallest absolute Gasteiger partial charge is 0.252 e. The fraction of sp³-hybridized carbons (Fsp3) is 0. The molecule has 0 bridgehead atoms. The summed E-state index contributed by atoms with van der Waals surface area (Å²) in [7, 11) is -9.28. The monoisotopic (exact) mass is 1440 g/mol. The number of rotatable bonds is 16. The highest BCUT2D eigenvalue weighted by Gasteiger charge is 2.49. The molecule has 512 valence electrons. The molecule has 17 aromatic carbocycles. The fourth-order valence-corrected chi connectivity index (χ4v) is 33.1. The van der Waals surface area contributed by atoms with Crippen molar-refractivity contribution in [2.45, 2.75) is 0 Å². The molecular formula is C102H74BN3Si3. The molecule has 109 heavy (non-hydrogen) atoms. The van der Waals surface area contributed by atoms with E-state index < -0.39 is 24.2 Å². The van der Waals surface area contributed by atoms with Crippen LogP contribution in [-0.2, 0) is 0 Å². The van der Waals surface area contributed by atoms with Crippen LogP contribution in [0.4, 0.5) is 34.1 Å². The Morgan fingerprint density at radius 3 is 0.927 bits per heavy atom. The van der Waals surface area contributed by atoms with Gasteiger partial charge in [0.25, 0.3) is 6.71 Å². The first kappa shape index (κ1) is 65.4. The Kier molecular flexibility index (Phi) is 16.4. The molecule has 7 heteroatoms. The summed E-state index contributed by atoms with van der Waals surface area (Å²) in [5.74, 6) is 0. The van der Waals surface area contributed by atoms with Crippen LogP contribution in [0.3, 0.4) is 0 Å². The predicted octanol–water partition coefficient (Wildman–Crippen LogP) is 14.7. The minimum atomic E-state index is -3.19. The van der Waals surface area contributed by atoms with E-state index in [4.69, 9.17) is 0 Å². The van der Waals surface area contributed by atoms with Gasteiger partial charge >= 0.3 is 0 Å². The summed E-state index contributed by atoms with van der Waals surface area (Å²) in [6.07, 6.45) is 0. The van der Waals surface area contributed by atoms with Gasteiger partial charge < -0.3 is 14.4 Å².